The normalized spacial score (nSPS) is 12.6. The number of carbonyl (C=O) groups excluding carboxylic acids is 1. The average Bonchev–Trinajstić information content (AvgIpc) is 2.85. The van der Waals surface area contributed by atoms with Crippen LogP contribution in [0.5, 0.6) is 11.5 Å². The SMILES string of the molecule is CNC(=O)[C@H](NCC[C@@H](c1ccc(Cl)cc1)c1ccc(OC)c(OC)c1Cl)c1ccccc1. The molecule has 2 atom stereocenters. The van der Waals surface area contributed by atoms with Gasteiger partial charge in [0.1, 0.15) is 6.04 Å². The second-order valence-corrected chi connectivity index (χ2v) is 8.32. The van der Waals surface area contributed by atoms with Gasteiger partial charge in [-0.15, -0.1) is 0 Å². The van der Waals surface area contributed by atoms with Crippen molar-refractivity contribution < 1.29 is 14.3 Å². The lowest BCUT2D eigenvalue weighted by Gasteiger charge is -2.23. The molecule has 0 aromatic heterocycles. The summed E-state index contributed by atoms with van der Waals surface area (Å²) >= 11 is 12.9. The van der Waals surface area contributed by atoms with Crippen molar-refractivity contribution in [1.29, 1.82) is 0 Å². The summed E-state index contributed by atoms with van der Waals surface area (Å²) in [5, 5.41) is 7.31. The first kappa shape index (κ1) is 24.9. The molecule has 0 aliphatic rings. The van der Waals surface area contributed by atoms with E-state index in [4.69, 9.17) is 32.7 Å². The maximum Gasteiger partial charge on any atom is 0.241 e. The molecule has 0 fully saturated rings. The van der Waals surface area contributed by atoms with E-state index in [0.717, 1.165) is 16.7 Å². The zero-order valence-electron chi connectivity index (χ0n) is 18.9. The van der Waals surface area contributed by atoms with E-state index in [0.29, 0.717) is 34.5 Å². The highest BCUT2D eigenvalue weighted by molar-refractivity contribution is 6.33. The van der Waals surface area contributed by atoms with Crippen molar-refractivity contribution >= 4 is 29.1 Å². The molecule has 0 saturated carbocycles. The monoisotopic (exact) mass is 486 g/mol. The van der Waals surface area contributed by atoms with Crippen LogP contribution in [0, 0.1) is 0 Å². The van der Waals surface area contributed by atoms with Crippen molar-refractivity contribution in [2.24, 2.45) is 0 Å². The number of amides is 1. The molecule has 0 heterocycles. The molecule has 174 valence electrons. The summed E-state index contributed by atoms with van der Waals surface area (Å²) < 4.78 is 10.9. The number of rotatable bonds is 10. The van der Waals surface area contributed by atoms with Crippen molar-refractivity contribution in [2.75, 3.05) is 27.8 Å². The van der Waals surface area contributed by atoms with Crippen LogP contribution in [0.3, 0.4) is 0 Å². The van der Waals surface area contributed by atoms with Gasteiger partial charge < -0.3 is 20.1 Å². The quantitative estimate of drug-likeness (QED) is 0.390. The molecule has 5 nitrogen and oxygen atoms in total. The van der Waals surface area contributed by atoms with Gasteiger partial charge in [0.05, 0.1) is 19.2 Å². The van der Waals surface area contributed by atoms with E-state index in [1.807, 2.05) is 66.7 Å². The minimum atomic E-state index is -0.456. The minimum Gasteiger partial charge on any atom is -0.493 e. The second kappa shape index (κ2) is 11.9. The number of ether oxygens (including phenoxy) is 2. The van der Waals surface area contributed by atoms with E-state index in [1.54, 1.807) is 21.3 Å². The van der Waals surface area contributed by atoms with Crippen LogP contribution in [0.1, 0.15) is 35.1 Å². The predicted molar refractivity (Wildman–Crippen MR) is 134 cm³/mol. The Morgan fingerprint density at radius 3 is 2.21 bits per heavy atom. The van der Waals surface area contributed by atoms with E-state index in [1.165, 1.54) is 0 Å². The van der Waals surface area contributed by atoms with Crippen molar-refractivity contribution in [3.05, 3.63) is 93.5 Å². The van der Waals surface area contributed by atoms with Crippen molar-refractivity contribution in [3.63, 3.8) is 0 Å². The first-order valence-electron chi connectivity index (χ1n) is 10.7. The van der Waals surface area contributed by atoms with Gasteiger partial charge in [-0.3, -0.25) is 4.79 Å². The summed E-state index contributed by atoms with van der Waals surface area (Å²) in [6.45, 7) is 0.574. The van der Waals surface area contributed by atoms with Crippen LogP contribution in [0.15, 0.2) is 66.7 Å². The third kappa shape index (κ3) is 5.99. The number of carbonyl (C=O) groups is 1. The van der Waals surface area contributed by atoms with Crippen LogP contribution >= 0.6 is 23.2 Å². The van der Waals surface area contributed by atoms with E-state index >= 15 is 0 Å². The summed E-state index contributed by atoms with van der Waals surface area (Å²) in [5.74, 6) is 0.927. The average molecular weight is 487 g/mol. The van der Waals surface area contributed by atoms with E-state index < -0.39 is 6.04 Å². The molecule has 0 aliphatic heterocycles. The summed E-state index contributed by atoms with van der Waals surface area (Å²) in [6.07, 6.45) is 0.692. The maximum atomic E-state index is 12.5. The van der Waals surface area contributed by atoms with Gasteiger partial charge in [-0.1, -0.05) is 71.7 Å². The van der Waals surface area contributed by atoms with Crippen LogP contribution < -0.4 is 20.1 Å². The van der Waals surface area contributed by atoms with Crippen molar-refractivity contribution in [3.8, 4) is 11.5 Å². The number of likely N-dealkylation sites (N-methyl/N-ethyl adjacent to an activating group) is 1. The van der Waals surface area contributed by atoms with E-state index in [2.05, 4.69) is 10.6 Å². The predicted octanol–water partition coefficient (Wildman–Crippen LogP) is 5.61. The molecule has 0 spiro atoms. The summed E-state index contributed by atoms with van der Waals surface area (Å²) in [6, 6.07) is 20.7. The van der Waals surface area contributed by atoms with Crippen LogP contribution in [-0.2, 0) is 4.79 Å². The van der Waals surface area contributed by atoms with Gasteiger partial charge >= 0.3 is 0 Å². The summed E-state index contributed by atoms with van der Waals surface area (Å²) in [7, 11) is 4.79. The van der Waals surface area contributed by atoms with Gasteiger partial charge in [0.15, 0.2) is 11.5 Å². The zero-order valence-corrected chi connectivity index (χ0v) is 20.4. The fourth-order valence-electron chi connectivity index (χ4n) is 3.89. The fraction of sp³-hybridized carbons (Fsp3) is 0.269. The van der Waals surface area contributed by atoms with Crippen molar-refractivity contribution in [2.45, 2.75) is 18.4 Å². The number of hydrogen-bond donors (Lipinski definition) is 2. The Hall–Kier alpha value is -2.73. The molecule has 0 saturated heterocycles. The highest BCUT2D eigenvalue weighted by Crippen LogP contribution is 2.43. The third-order valence-electron chi connectivity index (χ3n) is 5.59. The first-order valence-corrected chi connectivity index (χ1v) is 11.4. The Morgan fingerprint density at radius 2 is 1.61 bits per heavy atom. The third-order valence-corrected chi connectivity index (χ3v) is 6.23. The highest BCUT2D eigenvalue weighted by atomic mass is 35.5. The van der Waals surface area contributed by atoms with E-state index in [9.17, 15) is 4.79 Å². The Kier molecular flexibility index (Phi) is 9.01. The topological polar surface area (TPSA) is 59.6 Å². The molecule has 3 aromatic carbocycles. The summed E-state index contributed by atoms with van der Waals surface area (Å²) in [4.78, 5) is 12.5. The second-order valence-electron chi connectivity index (χ2n) is 7.51. The van der Waals surface area contributed by atoms with Crippen LogP contribution in [0.2, 0.25) is 10.0 Å². The van der Waals surface area contributed by atoms with Gasteiger partial charge in [-0.25, -0.2) is 0 Å². The molecule has 0 unspecified atom stereocenters. The lowest BCUT2D eigenvalue weighted by molar-refractivity contribution is -0.122. The number of methoxy groups -OCH3 is 2. The van der Waals surface area contributed by atoms with Crippen LogP contribution in [0.25, 0.3) is 0 Å². The van der Waals surface area contributed by atoms with Crippen LogP contribution in [-0.4, -0.2) is 33.7 Å². The van der Waals surface area contributed by atoms with Gasteiger partial charge in [-0.05, 0) is 47.9 Å². The fourth-order valence-corrected chi connectivity index (χ4v) is 4.39. The molecular weight excluding hydrogens is 459 g/mol. The minimum absolute atomic E-state index is 0.0526. The molecule has 3 rings (SSSR count). The molecule has 3 aromatic rings. The molecule has 0 aliphatic carbocycles. The Balaban J connectivity index is 1.90. The Morgan fingerprint density at radius 1 is 0.909 bits per heavy atom. The number of hydrogen-bond acceptors (Lipinski definition) is 4. The van der Waals surface area contributed by atoms with Gasteiger partial charge in [-0.2, -0.15) is 0 Å². The van der Waals surface area contributed by atoms with Gasteiger partial charge in [0.25, 0.3) is 0 Å². The molecular formula is C26H28Cl2N2O3. The Labute approximate surface area is 205 Å². The lowest BCUT2D eigenvalue weighted by Crippen LogP contribution is -2.36. The number of halogens is 2. The molecule has 1 amide bonds. The lowest BCUT2D eigenvalue weighted by atomic mass is 9.88. The smallest absolute Gasteiger partial charge is 0.241 e. The molecule has 7 heteroatoms. The molecule has 33 heavy (non-hydrogen) atoms. The Bertz CT molecular complexity index is 1060. The maximum absolute atomic E-state index is 12.5. The van der Waals surface area contributed by atoms with Gasteiger partial charge in [0.2, 0.25) is 5.91 Å². The zero-order chi connectivity index (χ0) is 23.8. The van der Waals surface area contributed by atoms with Crippen molar-refractivity contribution in [1.82, 2.24) is 10.6 Å². The highest BCUT2D eigenvalue weighted by Gasteiger charge is 2.24. The number of nitrogens with one attached hydrogen (secondary N) is 2. The van der Waals surface area contributed by atoms with E-state index in [-0.39, 0.29) is 11.8 Å². The molecule has 0 bridgehead atoms. The molecule has 2 N–H and O–H groups in total. The largest absolute Gasteiger partial charge is 0.493 e. The molecule has 0 radical (unpaired) electrons. The van der Waals surface area contributed by atoms with Crippen LogP contribution in [0.4, 0.5) is 0 Å². The van der Waals surface area contributed by atoms with Gasteiger partial charge in [0, 0.05) is 18.0 Å². The first-order chi connectivity index (χ1) is 16.0. The number of benzene rings is 3. The standard InChI is InChI=1S/C26H28Cl2N2O3/c1-29-26(31)24(18-7-5-4-6-8-18)30-16-15-20(17-9-11-19(27)12-10-17)21-13-14-22(32-2)25(33-3)23(21)28/h4-14,20,24,30H,15-16H2,1-3H3,(H,29,31)/t20-,24+/m0/s1. The summed E-state index contributed by atoms with van der Waals surface area (Å²) in [5.41, 5.74) is 2.88.